The minimum absolute atomic E-state index is 0.131. The highest BCUT2D eigenvalue weighted by atomic mass is 35.5. The van der Waals surface area contributed by atoms with Gasteiger partial charge in [0.1, 0.15) is 0 Å². The smallest absolute Gasteiger partial charge is 0.256 e. The molecule has 1 aliphatic rings. The highest BCUT2D eigenvalue weighted by molar-refractivity contribution is 6.31. The van der Waals surface area contributed by atoms with Crippen LogP contribution in [0.5, 0.6) is 0 Å². The first kappa shape index (κ1) is 15.9. The Balaban J connectivity index is 2.03. The number of rotatable bonds is 1. The van der Waals surface area contributed by atoms with Gasteiger partial charge in [-0.3, -0.25) is 4.79 Å². The molecule has 1 aliphatic heterocycles. The van der Waals surface area contributed by atoms with E-state index in [4.69, 9.17) is 23.2 Å². The van der Waals surface area contributed by atoms with E-state index in [0.717, 1.165) is 28.0 Å². The zero-order valence-electron chi connectivity index (χ0n) is 13.1. The Morgan fingerprint density at radius 1 is 0.760 bits per heavy atom. The van der Waals surface area contributed by atoms with Crippen molar-refractivity contribution in [3.8, 4) is 0 Å². The lowest BCUT2D eigenvalue weighted by atomic mass is 9.92. The van der Waals surface area contributed by atoms with Crippen molar-refractivity contribution < 1.29 is 4.79 Å². The second-order valence-corrected chi connectivity index (χ2v) is 6.68. The average Bonchev–Trinajstić information content (AvgIpc) is 2.71. The van der Waals surface area contributed by atoms with Crippen molar-refractivity contribution in [2.75, 3.05) is 5.32 Å². The number of carbonyl (C=O) groups excluding carboxylic acids is 1. The molecule has 0 fully saturated rings. The van der Waals surface area contributed by atoms with E-state index < -0.39 is 0 Å². The number of carbonyl (C=O) groups is 1. The molecule has 0 aromatic heterocycles. The van der Waals surface area contributed by atoms with E-state index in [-0.39, 0.29) is 5.91 Å². The van der Waals surface area contributed by atoms with Gasteiger partial charge >= 0.3 is 0 Å². The maximum atomic E-state index is 12.6. The molecule has 0 saturated carbocycles. The molecule has 2 nitrogen and oxygen atoms in total. The third kappa shape index (κ3) is 3.07. The number of benzene rings is 3. The topological polar surface area (TPSA) is 29.1 Å². The Kier molecular flexibility index (Phi) is 4.08. The molecule has 3 aromatic carbocycles. The third-order valence-electron chi connectivity index (χ3n) is 4.14. The van der Waals surface area contributed by atoms with Crippen LogP contribution in [0.25, 0.3) is 11.6 Å². The van der Waals surface area contributed by atoms with E-state index in [1.165, 1.54) is 0 Å². The van der Waals surface area contributed by atoms with E-state index in [1.54, 1.807) is 6.07 Å². The molecule has 0 atom stereocenters. The largest absolute Gasteiger partial charge is 0.321 e. The van der Waals surface area contributed by atoms with Crippen molar-refractivity contribution >= 4 is 46.4 Å². The van der Waals surface area contributed by atoms with E-state index in [0.29, 0.717) is 15.6 Å². The quantitative estimate of drug-likeness (QED) is 0.550. The first-order valence-corrected chi connectivity index (χ1v) is 8.55. The number of halogens is 2. The molecule has 25 heavy (non-hydrogen) atoms. The van der Waals surface area contributed by atoms with E-state index in [2.05, 4.69) is 5.32 Å². The van der Waals surface area contributed by atoms with Gasteiger partial charge in [-0.2, -0.15) is 0 Å². The number of nitrogens with one attached hydrogen (secondary N) is 1. The van der Waals surface area contributed by atoms with E-state index >= 15 is 0 Å². The summed E-state index contributed by atoms with van der Waals surface area (Å²) in [5.41, 5.74) is 4.99. The predicted molar refractivity (Wildman–Crippen MR) is 104 cm³/mol. The van der Waals surface area contributed by atoms with Crippen molar-refractivity contribution in [3.05, 3.63) is 99.0 Å². The van der Waals surface area contributed by atoms with Crippen LogP contribution in [0, 0.1) is 0 Å². The summed E-state index contributed by atoms with van der Waals surface area (Å²) in [5, 5.41) is 4.25. The van der Waals surface area contributed by atoms with E-state index in [9.17, 15) is 4.79 Å². The predicted octanol–water partition coefficient (Wildman–Crippen LogP) is 6.15. The highest BCUT2D eigenvalue weighted by Gasteiger charge is 2.23. The summed E-state index contributed by atoms with van der Waals surface area (Å²) >= 11 is 12.4. The second-order valence-electron chi connectivity index (χ2n) is 5.80. The Hall–Kier alpha value is -2.55. The van der Waals surface area contributed by atoms with Gasteiger partial charge in [-0.05, 0) is 59.2 Å². The Labute approximate surface area is 155 Å². The molecule has 0 bridgehead atoms. The summed E-state index contributed by atoms with van der Waals surface area (Å²) in [6.45, 7) is 0. The van der Waals surface area contributed by atoms with Crippen LogP contribution < -0.4 is 5.32 Å². The fourth-order valence-electron chi connectivity index (χ4n) is 3.02. The molecule has 1 amide bonds. The van der Waals surface area contributed by atoms with Gasteiger partial charge in [0, 0.05) is 26.9 Å². The number of fused-ring (bicyclic) bond motifs is 2. The maximum Gasteiger partial charge on any atom is 0.256 e. The van der Waals surface area contributed by atoms with Crippen LogP contribution in [-0.4, -0.2) is 5.91 Å². The van der Waals surface area contributed by atoms with Gasteiger partial charge < -0.3 is 5.32 Å². The van der Waals surface area contributed by atoms with Gasteiger partial charge in [0.25, 0.3) is 5.91 Å². The third-order valence-corrected chi connectivity index (χ3v) is 4.61. The number of anilines is 1. The van der Waals surface area contributed by atoms with Crippen molar-refractivity contribution in [1.29, 1.82) is 0 Å². The SMILES string of the molecule is O=C1Nc2ccc(Cl)cc2C(=Cc2cccc(Cl)c2)c2ccccc21. The lowest BCUT2D eigenvalue weighted by Crippen LogP contribution is -2.11. The molecular formula is C21H13Cl2NO. The van der Waals surface area contributed by atoms with E-state index in [1.807, 2.05) is 66.7 Å². The molecule has 1 heterocycles. The maximum absolute atomic E-state index is 12.6. The summed E-state index contributed by atoms with van der Waals surface area (Å²) in [4.78, 5) is 12.6. The van der Waals surface area contributed by atoms with Crippen molar-refractivity contribution in [3.63, 3.8) is 0 Å². The van der Waals surface area contributed by atoms with Crippen LogP contribution in [0.1, 0.15) is 27.0 Å². The van der Waals surface area contributed by atoms with Crippen molar-refractivity contribution in [1.82, 2.24) is 0 Å². The van der Waals surface area contributed by atoms with Gasteiger partial charge in [0.05, 0.1) is 0 Å². The number of hydrogen-bond donors (Lipinski definition) is 1. The van der Waals surface area contributed by atoms with Gasteiger partial charge in [0.15, 0.2) is 0 Å². The van der Waals surface area contributed by atoms with Crippen LogP contribution in [0.15, 0.2) is 66.7 Å². The average molecular weight is 366 g/mol. The van der Waals surface area contributed by atoms with Crippen LogP contribution >= 0.6 is 23.2 Å². The molecule has 0 unspecified atom stereocenters. The summed E-state index contributed by atoms with van der Waals surface area (Å²) in [6, 6.07) is 20.6. The first-order chi connectivity index (χ1) is 12.1. The highest BCUT2D eigenvalue weighted by Crippen LogP contribution is 2.37. The normalized spacial score (nSPS) is 14.5. The number of amides is 1. The van der Waals surface area contributed by atoms with Crippen molar-refractivity contribution in [2.24, 2.45) is 0 Å². The van der Waals surface area contributed by atoms with Crippen LogP contribution in [0.3, 0.4) is 0 Å². The standard InChI is InChI=1S/C21H13Cl2NO/c22-14-5-3-4-13(10-14)11-18-16-6-1-2-7-17(16)21(25)24-20-9-8-15(23)12-19(18)20/h1-12H,(H,24,25). The molecule has 122 valence electrons. The molecule has 3 aromatic rings. The molecule has 0 spiro atoms. The van der Waals surface area contributed by atoms with Crippen LogP contribution in [0.2, 0.25) is 10.0 Å². The molecule has 0 radical (unpaired) electrons. The number of hydrogen-bond acceptors (Lipinski definition) is 1. The second kappa shape index (κ2) is 6.40. The molecule has 4 rings (SSSR count). The molecular weight excluding hydrogens is 353 g/mol. The van der Waals surface area contributed by atoms with Gasteiger partial charge in [0.2, 0.25) is 0 Å². The lowest BCUT2D eigenvalue weighted by Gasteiger charge is -2.11. The Bertz CT molecular complexity index is 1020. The summed E-state index contributed by atoms with van der Waals surface area (Å²) in [5.74, 6) is -0.131. The minimum atomic E-state index is -0.131. The minimum Gasteiger partial charge on any atom is -0.321 e. The van der Waals surface area contributed by atoms with Gasteiger partial charge in [-0.1, -0.05) is 53.5 Å². The monoisotopic (exact) mass is 365 g/mol. The summed E-state index contributed by atoms with van der Waals surface area (Å²) < 4.78 is 0. The molecule has 0 aliphatic carbocycles. The van der Waals surface area contributed by atoms with Gasteiger partial charge in [-0.25, -0.2) is 0 Å². The molecule has 4 heteroatoms. The Morgan fingerprint density at radius 3 is 2.32 bits per heavy atom. The Morgan fingerprint density at radius 2 is 1.52 bits per heavy atom. The summed E-state index contributed by atoms with van der Waals surface area (Å²) in [7, 11) is 0. The molecule has 0 saturated heterocycles. The lowest BCUT2D eigenvalue weighted by molar-refractivity contribution is 0.102. The van der Waals surface area contributed by atoms with Gasteiger partial charge in [-0.15, -0.1) is 0 Å². The zero-order chi connectivity index (χ0) is 17.4. The fourth-order valence-corrected chi connectivity index (χ4v) is 3.39. The molecule has 1 N–H and O–H groups in total. The zero-order valence-corrected chi connectivity index (χ0v) is 14.6. The van der Waals surface area contributed by atoms with Crippen molar-refractivity contribution in [2.45, 2.75) is 0 Å². The fraction of sp³-hybridized carbons (Fsp3) is 0. The summed E-state index contributed by atoms with van der Waals surface area (Å²) in [6.07, 6.45) is 2.03. The first-order valence-electron chi connectivity index (χ1n) is 7.80. The van der Waals surface area contributed by atoms with Crippen LogP contribution in [0.4, 0.5) is 5.69 Å². The van der Waals surface area contributed by atoms with Crippen LogP contribution in [-0.2, 0) is 0 Å².